The van der Waals surface area contributed by atoms with Gasteiger partial charge in [-0.3, -0.25) is 10.00 Å². The molecule has 200 valence electrons. The molecule has 2 saturated carbocycles. The lowest BCUT2D eigenvalue weighted by molar-refractivity contribution is 0.0985. The standard InChI is InChI=1S/C24H29N9O4S/c1-15-14-37-8-7-33(15)20-9-19(24(5-6-24)38(35,36)18-3-4-18)29-21(30-20)16-10-25-22(26-11-16)31-23(34)28-17-12-27-32(2)13-17/h9-13,15,18H,3-8,14H2,1-2H3,(H2,25,26,28,31,34)/t15-/m0/s1. The molecule has 6 rings (SSSR count). The molecule has 3 aromatic heterocycles. The summed E-state index contributed by atoms with van der Waals surface area (Å²) in [5, 5.41) is 8.96. The van der Waals surface area contributed by atoms with Crippen LogP contribution < -0.4 is 15.5 Å². The Morgan fingerprint density at radius 3 is 2.53 bits per heavy atom. The molecule has 14 heteroatoms. The van der Waals surface area contributed by atoms with Crippen molar-refractivity contribution in [1.82, 2.24) is 29.7 Å². The van der Waals surface area contributed by atoms with E-state index in [1.807, 2.05) is 6.07 Å². The summed E-state index contributed by atoms with van der Waals surface area (Å²) >= 11 is 0. The number of ether oxygens (including phenoxy) is 1. The van der Waals surface area contributed by atoms with E-state index in [9.17, 15) is 13.2 Å². The number of aromatic nitrogens is 6. The second kappa shape index (κ2) is 9.27. The van der Waals surface area contributed by atoms with E-state index in [4.69, 9.17) is 14.7 Å². The average molecular weight is 540 g/mol. The number of urea groups is 1. The Kier molecular flexibility index (Phi) is 6.02. The van der Waals surface area contributed by atoms with Gasteiger partial charge in [0.25, 0.3) is 0 Å². The maximum Gasteiger partial charge on any atom is 0.326 e. The summed E-state index contributed by atoms with van der Waals surface area (Å²) in [5.41, 5.74) is 1.58. The van der Waals surface area contributed by atoms with Crippen molar-refractivity contribution < 1.29 is 17.9 Å². The molecule has 3 fully saturated rings. The predicted molar refractivity (Wildman–Crippen MR) is 139 cm³/mol. The summed E-state index contributed by atoms with van der Waals surface area (Å²) in [6.07, 6.45) is 8.78. The number of hydrogen-bond donors (Lipinski definition) is 2. The molecule has 2 aliphatic carbocycles. The lowest BCUT2D eigenvalue weighted by atomic mass is 10.2. The molecular formula is C24H29N9O4S. The Balaban J connectivity index is 1.30. The largest absolute Gasteiger partial charge is 0.377 e. The second-order valence-electron chi connectivity index (χ2n) is 10.1. The molecule has 1 saturated heterocycles. The molecule has 1 atom stereocenters. The topological polar surface area (TPSA) is 157 Å². The van der Waals surface area contributed by atoms with Crippen LogP contribution in [0.3, 0.4) is 0 Å². The zero-order valence-electron chi connectivity index (χ0n) is 21.2. The normalized spacial score (nSPS) is 20.7. The van der Waals surface area contributed by atoms with Crippen molar-refractivity contribution in [2.45, 2.75) is 48.6 Å². The van der Waals surface area contributed by atoms with Gasteiger partial charge in [-0.25, -0.2) is 33.1 Å². The number of carbonyl (C=O) groups is 1. The maximum atomic E-state index is 13.4. The average Bonchev–Trinajstić information content (AvgIpc) is 3.82. The van der Waals surface area contributed by atoms with Crippen LogP contribution in [0.1, 0.15) is 38.3 Å². The first kappa shape index (κ1) is 24.7. The molecule has 13 nitrogen and oxygen atoms in total. The quantitative estimate of drug-likeness (QED) is 0.456. The van der Waals surface area contributed by atoms with Crippen LogP contribution >= 0.6 is 0 Å². The van der Waals surface area contributed by atoms with Crippen molar-refractivity contribution in [3.8, 4) is 11.4 Å². The number of rotatable bonds is 7. The first-order valence-electron chi connectivity index (χ1n) is 12.6. The highest BCUT2D eigenvalue weighted by atomic mass is 32.2. The summed E-state index contributed by atoms with van der Waals surface area (Å²) in [6, 6.07) is 1.40. The molecule has 0 radical (unpaired) electrons. The molecule has 1 aliphatic heterocycles. The van der Waals surface area contributed by atoms with Crippen LogP contribution in [-0.2, 0) is 26.4 Å². The van der Waals surface area contributed by atoms with Crippen molar-refractivity contribution in [3.05, 3.63) is 36.5 Å². The Morgan fingerprint density at radius 2 is 1.89 bits per heavy atom. The number of carbonyl (C=O) groups excluding carboxylic acids is 1. The van der Waals surface area contributed by atoms with Gasteiger partial charge in [-0.2, -0.15) is 5.10 Å². The first-order valence-corrected chi connectivity index (χ1v) is 14.2. The van der Waals surface area contributed by atoms with Crippen LogP contribution in [0.5, 0.6) is 0 Å². The smallest absolute Gasteiger partial charge is 0.326 e. The molecule has 4 heterocycles. The van der Waals surface area contributed by atoms with Gasteiger partial charge in [0.05, 0.1) is 47.6 Å². The van der Waals surface area contributed by atoms with E-state index in [0.29, 0.717) is 74.0 Å². The van der Waals surface area contributed by atoms with Gasteiger partial charge >= 0.3 is 6.03 Å². The summed E-state index contributed by atoms with van der Waals surface area (Å²) in [7, 11) is -1.59. The number of nitrogens with one attached hydrogen (secondary N) is 2. The van der Waals surface area contributed by atoms with Crippen molar-refractivity contribution in [1.29, 1.82) is 0 Å². The number of anilines is 3. The Bertz CT molecular complexity index is 1470. The summed E-state index contributed by atoms with van der Waals surface area (Å²) < 4.78 is 33.0. The predicted octanol–water partition coefficient (Wildman–Crippen LogP) is 2.10. The lowest BCUT2D eigenvalue weighted by Gasteiger charge is -2.34. The first-order chi connectivity index (χ1) is 18.2. The van der Waals surface area contributed by atoms with Crippen LogP contribution in [0.15, 0.2) is 30.9 Å². The molecule has 2 N–H and O–H groups in total. The number of hydrogen-bond acceptors (Lipinski definition) is 10. The number of amides is 2. The zero-order chi connectivity index (χ0) is 26.5. The van der Waals surface area contributed by atoms with E-state index in [-0.39, 0.29) is 17.2 Å². The van der Waals surface area contributed by atoms with E-state index in [1.54, 1.807) is 17.9 Å². The van der Waals surface area contributed by atoms with Crippen LogP contribution in [0.25, 0.3) is 11.4 Å². The number of nitrogens with zero attached hydrogens (tertiary/aromatic N) is 7. The molecule has 2 amide bonds. The van der Waals surface area contributed by atoms with Crippen molar-refractivity contribution in [2.24, 2.45) is 7.05 Å². The Morgan fingerprint density at radius 1 is 1.13 bits per heavy atom. The van der Waals surface area contributed by atoms with Gasteiger partial charge in [0.1, 0.15) is 10.6 Å². The summed E-state index contributed by atoms with van der Waals surface area (Å²) in [6.45, 7) is 3.82. The third-order valence-corrected chi connectivity index (χ3v) is 10.2. The SMILES string of the molecule is C[C@H]1COCCN1c1cc(C2(S(=O)(=O)C3CC3)CC2)nc(-c2cnc(NC(=O)Nc3cnn(C)c3)nc2)n1. The fourth-order valence-corrected chi connectivity index (χ4v) is 7.23. The van der Waals surface area contributed by atoms with Gasteiger partial charge in [0.15, 0.2) is 15.7 Å². The van der Waals surface area contributed by atoms with E-state index in [1.165, 1.54) is 18.6 Å². The van der Waals surface area contributed by atoms with Crippen molar-refractivity contribution in [2.75, 3.05) is 35.3 Å². The Labute approximate surface area is 220 Å². The highest BCUT2D eigenvalue weighted by molar-refractivity contribution is 7.93. The second-order valence-corrected chi connectivity index (χ2v) is 12.6. The van der Waals surface area contributed by atoms with Crippen molar-refractivity contribution >= 4 is 33.3 Å². The molecule has 38 heavy (non-hydrogen) atoms. The van der Waals surface area contributed by atoms with Gasteiger partial charge < -0.3 is 15.0 Å². The molecule has 0 unspecified atom stereocenters. The van der Waals surface area contributed by atoms with Gasteiger partial charge in [-0.1, -0.05) is 0 Å². The van der Waals surface area contributed by atoms with Crippen LogP contribution in [0.2, 0.25) is 0 Å². The monoisotopic (exact) mass is 539 g/mol. The lowest BCUT2D eigenvalue weighted by Crippen LogP contribution is -2.44. The van der Waals surface area contributed by atoms with Gasteiger partial charge in [-0.15, -0.1) is 0 Å². The van der Waals surface area contributed by atoms with Crippen LogP contribution in [-0.4, -0.2) is 75.2 Å². The minimum absolute atomic E-state index is 0.0793. The molecule has 0 aromatic carbocycles. The highest BCUT2D eigenvalue weighted by Gasteiger charge is 2.61. The van der Waals surface area contributed by atoms with E-state index >= 15 is 0 Å². The fraction of sp³-hybridized carbons (Fsp3) is 0.500. The fourth-order valence-electron chi connectivity index (χ4n) is 4.77. The number of sulfone groups is 1. The molecule has 0 bridgehead atoms. The minimum Gasteiger partial charge on any atom is -0.377 e. The van der Waals surface area contributed by atoms with Crippen LogP contribution in [0, 0.1) is 0 Å². The Hall–Kier alpha value is -3.65. The van der Waals surface area contributed by atoms with E-state index < -0.39 is 20.6 Å². The zero-order valence-corrected chi connectivity index (χ0v) is 22.0. The van der Waals surface area contributed by atoms with Crippen molar-refractivity contribution in [3.63, 3.8) is 0 Å². The third kappa shape index (κ3) is 4.58. The van der Waals surface area contributed by atoms with E-state index in [0.717, 1.165) is 0 Å². The van der Waals surface area contributed by atoms with Gasteiger partial charge in [-0.05, 0) is 32.6 Å². The minimum atomic E-state index is -3.34. The third-order valence-electron chi connectivity index (χ3n) is 7.15. The van der Waals surface area contributed by atoms with Gasteiger partial charge in [0.2, 0.25) is 5.95 Å². The highest BCUT2D eigenvalue weighted by Crippen LogP contribution is 2.57. The molecule has 3 aromatic rings. The molecule has 3 aliphatic rings. The molecular weight excluding hydrogens is 510 g/mol. The summed E-state index contributed by atoms with van der Waals surface area (Å²) in [4.78, 5) is 32.4. The number of morpholine rings is 1. The summed E-state index contributed by atoms with van der Waals surface area (Å²) in [5.74, 6) is 1.11. The molecule has 0 spiro atoms. The van der Waals surface area contributed by atoms with Gasteiger partial charge in [0, 0.05) is 38.2 Å². The maximum absolute atomic E-state index is 13.4. The van der Waals surface area contributed by atoms with E-state index in [2.05, 4.69) is 37.5 Å². The van der Waals surface area contributed by atoms with Crippen LogP contribution in [0.4, 0.5) is 22.2 Å². The number of aryl methyl sites for hydroxylation is 1.